The topological polar surface area (TPSA) is 102 Å². The number of anilines is 1. The summed E-state index contributed by atoms with van der Waals surface area (Å²) in [5, 5.41) is 22.9. The molecule has 0 spiro atoms. The molecule has 102 valence electrons. The number of benzene rings is 1. The summed E-state index contributed by atoms with van der Waals surface area (Å²) in [5.41, 5.74) is -0.768. The van der Waals surface area contributed by atoms with Crippen molar-refractivity contribution in [1.29, 1.82) is 0 Å². The maximum atomic E-state index is 11.3. The average Bonchev–Trinajstić information content (AvgIpc) is 2.32. The number of nitro groups is 1. The molecule has 0 aromatic heterocycles. The normalized spacial score (nSPS) is 16.3. The highest BCUT2D eigenvalue weighted by Crippen LogP contribution is 2.37. The fraction of sp³-hybridized carbons (Fsp3) is 0.417. The molecular weight excluding hydrogens is 252 g/mol. The van der Waals surface area contributed by atoms with Crippen LogP contribution in [0.25, 0.3) is 0 Å². The molecule has 1 saturated carbocycles. The van der Waals surface area contributed by atoms with E-state index in [1.165, 1.54) is 19.2 Å². The van der Waals surface area contributed by atoms with E-state index in [2.05, 4.69) is 5.32 Å². The van der Waals surface area contributed by atoms with Gasteiger partial charge in [0.2, 0.25) is 0 Å². The van der Waals surface area contributed by atoms with Crippen molar-refractivity contribution >= 4 is 17.3 Å². The summed E-state index contributed by atoms with van der Waals surface area (Å²) in [4.78, 5) is 21.5. The summed E-state index contributed by atoms with van der Waals surface area (Å²) >= 11 is 0. The molecule has 0 aliphatic heterocycles. The molecule has 0 amide bonds. The molecule has 0 atom stereocenters. The molecule has 2 N–H and O–H groups in total. The lowest BCUT2D eigenvalue weighted by Gasteiger charge is -2.39. The minimum atomic E-state index is -1.01. The Balaban J connectivity index is 2.31. The number of methoxy groups -OCH3 is 1. The number of carboxylic acids is 1. The molecule has 1 aliphatic rings. The van der Waals surface area contributed by atoms with Gasteiger partial charge < -0.3 is 15.2 Å². The van der Waals surface area contributed by atoms with Crippen molar-refractivity contribution in [2.75, 3.05) is 12.4 Å². The van der Waals surface area contributed by atoms with E-state index < -0.39 is 16.4 Å². The van der Waals surface area contributed by atoms with Gasteiger partial charge in [0.1, 0.15) is 11.3 Å². The number of nitrogens with one attached hydrogen (secondary N) is 1. The van der Waals surface area contributed by atoms with Crippen LogP contribution < -0.4 is 10.1 Å². The second-order valence-corrected chi connectivity index (χ2v) is 4.54. The summed E-state index contributed by atoms with van der Waals surface area (Å²) in [6.45, 7) is 0. The molecule has 7 heteroatoms. The van der Waals surface area contributed by atoms with Crippen LogP contribution in [-0.2, 0) is 4.79 Å². The smallest absolute Gasteiger partial charge is 0.329 e. The first-order chi connectivity index (χ1) is 8.97. The van der Waals surface area contributed by atoms with Crippen molar-refractivity contribution < 1.29 is 19.6 Å². The minimum Gasteiger partial charge on any atom is -0.496 e. The van der Waals surface area contributed by atoms with E-state index in [-0.39, 0.29) is 5.69 Å². The van der Waals surface area contributed by atoms with Crippen molar-refractivity contribution in [2.45, 2.75) is 24.8 Å². The van der Waals surface area contributed by atoms with Gasteiger partial charge >= 0.3 is 5.97 Å². The Kier molecular flexibility index (Phi) is 3.28. The van der Waals surface area contributed by atoms with Gasteiger partial charge in [0.05, 0.1) is 18.1 Å². The standard InChI is InChI=1S/C12H14N2O5/c1-19-10-6-8(5-9(7-10)14(17)18)13-12(11(15)16)3-2-4-12/h5-7,13H,2-4H2,1H3,(H,15,16). The highest BCUT2D eigenvalue weighted by atomic mass is 16.6. The second kappa shape index (κ2) is 4.75. The van der Waals surface area contributed by atoms with E-state index in [4.69, 9.17) is 4.74 Å². The van der Waals surface area contributed by atoms with Gasteiger partial charge in [0.25, 0.3) is 5.69 Å². The van der Waals surface area contributed by atoms with Gasteiger partial charge in [0, 0.05) is 17.8 Å². The fourth-order valence-corrected chi connectivity index (χ4v) is 2.08. The third kappa shape index (κ3) is 2.44. The maximum absolute atomic E-state index is 11.3. The Morgan fingerprint density at radius 2 is 2.16 bits per heavy atom. The van der Waals surface area contributed by atoms with Crippen molar-refractivity contribution in [3.05, 3.63) is 28.3 Å². The fourth-order valence-electron chi connectivity index (χ4n) is 2.08. The molecule has 1 fully saturated rings. The van der Waals surface area contributed by atoms with Gasteiger partial charge in [-0.3, -0.25) is 10.1 Å². The zero-order valence-electron chi connectivity index (χ0n) is 10.4. The van der Waals surface area contributed by atoms with Gasteiger partial charge in [-0.25, -0.2) is 4.79 Å². The number of carbonyl (C=O) groups is 1. The SMILES string of the molecule is COc1cc(NC2(C(=O)O)CCC2)cc([N+](=O)[O-])c1. The molecule has 0 heterocycles. The van der Waals surface area contributed by atoms with Crippen molar-refractivity contribution in [2.24, 2.45) is 0 Å². The van der Waals surface area contributed by atoms with Crippen LogP contribution in [0, 0.1) is 10.1 Å². The highest BCUT2D eigenvalue weighted by Gasteiger charge is 2.44. The number of non-ortho nitro benzene ring substituents is 1. The molecule has 0 saturated heterocycles. The predicted octanol–water partition coefficient (Wildman–Crippen LogP) is 2.02. The molecule has 2 rings (SSSR count). The quantitative estimate of drug-likeness (QED) is 0.624. The first-order valence-electron chi connectivity index (χ1n) is 5.82. The second-order valence-electron chi connectivity index (χ2n) is 4.54. The summed E-state index contributed by atoms with van der Waals surface area (Å²) < 4.78 is 4.98. The molecule has 19 heavy (non-hydrogen) atoms. The van der Waals surface area contributed by atoms with Gasteiger partial charge in [-0.05, 0) is 19.3 Å². The van der Waals surface area contributed by atoms with Gasteiger partial charge in [-0.1, -0.05) is 0 Å². The average molecular weight is 266 g/mol. The van der Waals surface area contributed by atoms with E-state index in [0.717, 1.165) is 6.42 Å². The Bertz CT molecular complexity index is 525. The summed E-state index contributed by atoms with van der Waals surface area (Å²) in [7, 11) is 1.40. The third-order valence-corrected chi connectivity index (χ3v) is 3.34. The van der Waals surface area contributed by atoms with Gasteiger partial charge in [-0.2, -0.15) is 0 Å². The van der Waals surface area contributed by atoms with Crippen LogP contribution in [0.15, 0.2) is 18.2 Å². The van der Waals surface area contributed by atoms with Crippen LogP contribution in [0.5, 0.6) is 5.75 Å². The molecule has 0 bridgehead atoms. The van der Waals surface area contributed by atoms with Crippen LogP contribution in [-0.4, -0.2) is 28.6 Å². The summed E-state index contributed by atoms with van der Waals surface area (Å²) in [6, 6.07) is 4.15. The lowest BCUT2D eigenvalue weighted by atomic mass is 9.76. The zero-order chi connectivity index (χ0) is 14.0. The van der Waals surface area contributed by atoms with Gasteiger partial charge in [-0.15, -0.1) is 0 Å². The maximum Gasteiger partial charge on any atom is 0.329 e. The van der Waals surface area contributed by atoms with E-state index in [0.29, 0.717) is 24.3 Å². The van der Waals surface area contributed by atoms with E-state index in [9.17, 15) is 20.0 Å². The molecule has 0 radical (unpaired) electrons. The highest BCUT2D eigenvalue weighted by molar-refractivity contribution is 5.84. The third-order valence-electron chi connectivity index (χ3n) is 3.34. The number of hydrogen-bond donors (Lipinski definition) is 2. The Morgan fingerprint density at radius 1 is 1.47 bits per heavy atom. The summed E-state index contributed by atoms with van der Waals surface area (Å²) in [6.07, 6.45) is 1.84. The minimum absolute atomic E-state index is 0.137. The van der Waals surface area contributed by atoms with E-state index >= 15 is 0 Å². The number of ether oxygens (including phenoxy) is 1. The monoisotopic (exact) mass is 266 g/mol. The van der Waals surface area contributed by atoms with Crippen LogP contribution in [0.2, 0.25) is 0 Å². The van der Waals surface area contributed by atoms with Crippen LogP contribution >= 0.6 is 0 Å². The Labute approximate surface area is 109 Å². The molecule has 7 nitrogen and oxygen atoms in total. The number of aliphatic carboxylic acids is 1. The number of nitro benzene ring substituents is 1. The first-order valence-corrected chi connectivity index (χ1v) is 5.82. The van der Waals surface area contributed by atoms with Crippen molar-refractivity contribution in [3.63, 3.8) is 0 Å². The summed E-state index contributed by atoms with van der Waals surface area (Å²) in [5.74, 6) is -0.624. The number of carboxylic acid groups (broad SMARTS) is 1. The zero-order valence-corrected chi connectivity index (χ0v) is 10.4. The molecule has 1 aromatic carbocycles. The molecule has 1 aromatic rings. The lowest BCUT2D eigenvalue weighted by molar-refractivity contribution is -0.384. The first kappa shape index (κ1) is 13.1. The number of hydrogen-bond acceptors (Lipinski definition) is 5. The van der Waals surface area contributed by atoms with Crippen LogP contribution in [0.3, 0.4) is 0 Å². The van der Waals surface area contributed by atoms with E-state index in [1.807, 2.05) is 0 Å². The lowest BCUT2D eigenvalue weighted by Crippen LogP contribution is -2.52. The molecular formula is C12H14N2O5. The Hall–Kier alpha value is -2.31. The molecule has 0 unspecified atom stereocenters. The Morgan fingerprint density at radius 3 is 2.58 bits per heavy atom. The number of rotatable bonds is 5. The van der Waals surface area contributed by atoms with Crippen LogP contribution in [0.4, 0.5) is 11.4 Å². The van der Waals surface area contributed by atoms with Gasteiger partial charge in [0.15, 0.2) is 0 Å². The largest absolute Gasteiger partial charge is 0.496 e. The predicted molar refractivity (Wildman–Crippen MR) is 67.5 cm³/mol. The number of nitrogens with zero attached hydrogens (tertiary/aromatic N) is 1. The van der Waals surface area contributed by atoms with E-state index in [1.54, 1.807) is 6.07 Å². The molecule has 1 aliphatic carbocycles. The van der Waals surface area contributed by atoms with Crippen LogP contribution in [0.1, 0.15) is 19.3 Å². The van der Waals surface area contributed by atoms with Crippen molar-refractivity contribution in [3.8, 4) is 5.75 Å². The van der Waals surface area contributed by atoms with Crippen molar-refractivity contribution in [1.82, 2.24) is 0 Å².